The summed E-state index contributed by atoms with van der Waals surface area (Å²) in [5.74, 6) is -0.713. The number of aliphatic hydroxyl groups excluding tert-OH is 1. The Morgan fingerprint density at radius 3 is 1.73 bits per heavy atom. The molecular formula is C32H32IN3O4. The molecular weight excluding hydrogens is 617 g/mol. The number of aryl methyl sites for hydroxylation is 1. The molecule has 0 saturated heterocycles. The lowest BCUT2D eigenvalue weighted by Crippen LogP contribution is -2.32. The molecule has 1 aliphatic rings. The zero-order chi connectivity index (χ0) is 29.1. The summed E-state index contributed by atoms with van der Waals surface area (Å²) in [6.07, 6.45) is 5.05. The first kappa shape index (κ1) is 29.2. The summed E-state index contributed by atoms with van der Waals surface area (Å²) in [7, 11) is 5.10. The SMILES string of the molecule is Cc1ccc(N(C)C(=O)c2ccc(N(C)C(=O)c3ccc(N(C)C(=O)C4C=CC=C4I)cc3)cc2)cc1[C@@H](C)O. The zero-order valence-electron chi connectivity index (χ0n) is 23.1. The van der Waals surface area contributed by atoms with E-state index in [0.29, 0.717) is 28.2 Å². The minimum Gasteiger partial charge on any atom is -0.389 e. The Hall–Kier alpha value is -3.76. The van der Waals surface area contributed by atoms with Crippen LogP contribution in [-0.4, -0.2) is 44.0 Å². The summed E-state index contributed by atoms with van der Waals surface area (Å²) in [4.78, 5) is 43.8. The first-order chi connectivity index (χ1) is 19.0. The van der Waals surface area contributed by atoms with E-state index < -0.39 is 6.10 Å². The number of hydrogen-bond acceptors (Lipinski definition) is 4. The monoisotopic (exact) mass is 649 g/mol. The smallest absolute Gasteiger partial charge is 0.258 e. The molecule has 40 heavy (non-hydrogen) atoms. The molecule has 0 heterocycles. The van der Waals surface area contributed by atoms with Gasteiger partial charge in [-0.2, -0.15) is 0 Å². The first-order valence-electron chi connectivity index (χ1n) is 12.9. The van der Waals surface area contributed by atoms with Crippen LogP contribution >= 0.6 is 22.6 Å². The van der Waals surface area contributed by atoms with Crippen LogP contribution in [0.15, 0.2) is 88.5 Å². The molecule has 3 aromatic carbocycles. The Morgan fingerprint density at radius 2 is 1.25 bits per heavy atom. The normalized spacial score (nSPS) is 14.9. The third-order valence-corrected chi connectivity index (χ3v) is 8.20. The van der Waals surface area contributed by atoms with Crippen molar-refractivity contribution in [2.75, 3.05) is 35.8 Å². The van der Waals surface area contributed by atoms with Gasteiger partial charge in [0.05, 0.1) is 12.0 Å². The minimum atomic E-state index is -0.633. The van der Waals surface area contributed by atoms with Crippen LogP contribution in [0, 0.1) is 12.8 Å². The molecule has 0 aromatic heterocycles. The number of anilines is 3. The van der Waals surface area contributed by atoms with Gasteiger partial charge in [0.15, 0.2) is 0 Å². The Labute approximate surface area is 248 Å². The van der Waals surface area contributed by atoms with Crippen LogP contribution in [0.3, 0.4) is 0 Å². The van der Waals surface area contributed by atoms with E-state index in [2.05, 4.69) is 22.6 Å². The average Bonchev–Trinajstić information content (AvgIpc) is 3.40. The molecule has 2 atom stereocenters. The molecule has 1 unspecified atom stereocenters. The summed E-state index contributed by atoms with van der Waals surface area (Å²) >= 11 is 2.18. The lowest BCUT2D eigenvalue weighted by atomic mass is 10.0. The lowest BCUT2D eigenvalue weighted by Gasteiger charge is -2.22. The van der Waals surface area contributed by atoms with Gasteiger partial charge in [0.1, 0.15) is 0 Å². The van der Waals surface area contributed by atoms with Crippen LogP contribution in [0.5, 0.6) is 0 Å². The van der Waals surface area contributed by atoms with Crippen LogP contribution in [0.2, 0.25) is 0 Å². The highest BCUT2D eigenvalue weighted by Gasteiger charge is 2.25. The predicted molar refractivity (Wildman–Crippen MR) is 168 cm³/mol. The number of rotatable bonds is 7. The van der Waals surface area contributed by atoms with Crippen molar-refractivity contribution in [3.05, 3.63) is 111 Å². The fourth-order valence-electron chi connectivity index (χ4n) is 4.55. The summed E-state index contributed by atoms with van der Waals surface area (Å²) < 4.78 is 0.975. The Kier molecular flexibility index (Phi) is 8.90. The molecule has 1 aliphatic carbocycles. The highest BCUT2D eigenvalue weighted by atomic mass is 127. The van der Waals surface area contributed by atoms with Crippen LogP contribution in [0.25, 0.3) is 0 Å². The van der Waals surface area contributed by atoms with E-state index in [9.17, 15) is 19.5 Å². The van der Waals surface area contributed by atoms with Crippen molar-refractivity contribution >= 4 is 57.4 Å². The quantitative estimate of drug-likeness (QED) is 0.316. The van der Waals surface area contributed by atoms with Gasteiger partial charge in [-0.3, -0.25) is 14.4 Å². The van der Waals surface area contributed by atoms with Gasteiger partial charge in [-0.1, -0.05) is 24.3 Å². The van der Waals surface area contributed by atoms with Crippen LogP contribution in [0.1, 0.15) is 44.9 Å². The van der Waals surface area contributed by atoms with Crippen molar-refractivity contribution in [2.45, 2.75) is 20.0 Å². The number of allylic oxidation sites excluding steroid dienone is 2. The van der Waals surface area contributed by atoms with E-state index in [1.807, 2.05) is 43.4 Å². The molecule has 1 N–H and O–H groups in total. The molecule has 206 valence electrons. The Bertz CT molecular complexity index is 1490. The van der Waals surface area contributed by atoms with Crippen molar-refractivity contribution in [1.29, 1.82) is 0 Å². The van der Waals surface area contributed by atoms with E-state index in [0.717, 1.165) is 14.7 Å². The topological polar surface area (TPSA) is 81.2 Å². The molecule has 4 rings (SSSR count). The molecule has 0 radical (unpaired) electrons. The van der Waals surface area contributed by atoms with Gasteiger partial charge in [0.25, 0.3) is 11.8 Å². The number of nitrogens with zero attached hydrogens (tertiary/aromatic N) is 3. The van der Waals surface area contributed by atoms with Crippen LogP contribution < -0.4 is 14.7 Å². The highest BCUT2D eigenvalue weighted by molar-refractivity contribution is 14.1. The number of amides is 3. The van der Waals surface area contributed by atoms with E-state index in [1.54, 1.807) is 86.4 Å². The van der Waals surface area contributed by atoms with Crippen molar-refractivity contribution in [3.63, 3.8) is 0 Å². The Balaban J connectivity index is 1.43. The maximum atomic E-state index is 13.2. The number of halogens is 1. The van der Waals surface area contributed by atoms with Gasteiger partial charge >= 0.3 is 0 Å². The summed E-state index contributed by atoms with van der Waals surface area (Å²) in [5, 5.41) is 10.0. The number of benzene rings is 3. The molecule has 0 fully saturated rings. The van der Waals surface area contributed by atoms with Crippen LogP contribution in [-0.2, 0) is 4.79 Å². The van der Waals surface area contributed by atoms with E-state index >= 15 is 0 Å². The maximum Gasteiger partial charge on any atom is 0.258 e. The molecule has 3 aromatic rings. The van der Waals surface area contributed by atoms with Gasteiger partial charge in [0, 0.05) is 52.9 Å². The second kappa shape index (κ2) is 12.2. The van der Waals surface area contributed by atoms with E-state index in [1.165, 1.54) is 4.90 Å². The lowest BCUT2D eigenvalue weighted by molar-refractivity contribution is -0.119. The second-order valence-electron chi connectivity index (χ2n) is 9.85. The summed E-state index contributed by atoms with van der Waals surface area (Å²) in [5.41, 5.74) is 4.72. The van der Waals surface area contributed by atoms with Gasteiger partial charge < -0.3 is 19.8 Å². The largest absolute Gasteiger partial charge is 0.389 e. The van der Waals surface area contributed by atoms with Crippen molar-refractivity contribution in [1.82, 2.24) is 0 Å². The van der Waals surface area contributed by atoms with Crippen molar-refractivity contribution in [2.24, 2.45) is 5.92 Å². The fourth-order valence-corrected chi connectivity index (χ4v) is 5.24. The predicted octanol–water partition coefficient (Wildman–Crippen LogP) is 6.07. The van der Waals surface area contributed by atoms with Crippen LogP contribution in [0.4, 0.5) is 17.1 Å². The van der Waals surface area contributed by atoms with E-state index in [-0.39, 0.29) is 23.6 Å². The third kappa shape index (κ3) is 6.03. The molecule has 8 heteroatoms. The maximum absolute atomic E-state index is 13.2. The van der Waals surface area contributed by atoms with Crippen molar-refractivity contribution < 1.29 is 19.5 Å². The molecule has 3 amide bonds. The zero-order valence-corrected chi connectivity index (χ0v) is 25.3. The molecule has 0 aliphatic heterocycles. The average molecular weight is 650 g/mol. The number of carbonyl (C=O) groups is 3. The molecule has 0 saturated carbocycles. The molecule has 0 spiro atoms. The number of aliphatic hydroxyl groups is 1. The fraction of sp³-hybridized carbons (Fsp3) is 0.219. The summed E-state index contributed by atoms with van der Waals surface area (Å²) in [6, 6.07) is 19.4. The molecule has 0 bridgehead atoms. The third-order valence-electron chi connectivity index (χ3n) is 7.17. The standard InChI is InChI=1S/C32H32IN3O4/c1-20-9-14-26(19-28(20)21(2)37)36(5)31(39)23-10-15-24(16-11-23)34(3)30(38)22-12-17-25(18-13-22)35(4)32(40)27-7-6-8-29(27)33/h6-19,21,27,37H,1-5H3/t21-,27?/m1/s1. The van der Waals surface area contributed by atoms with Gasteiger partial charge in [-0.25, -0.2) is 0 Å². The minimum absolute atomic E-state index is 0.0309. The highest BCUT2D eigenvalue weighted by Crippen LogP contribution is 2.29. The second-order valence-corrected chi connectivity index (χ2v) is 11.1. The Morgan fingerprint density at radius 1 is 0.775 bits per heavy atom. The van der Waals surface area contributed by atoms with Gasteiger partial charge in [-0.05, 0) is 108 Å². The number of hydrogen-bond donors (Lipinski definition) is 1. The van der Waals surface area contributed by atoms with Crippen molar-refractivity contribution in [3.8, 4) is 0 Å². The number of carbonyl (C=O) groups excluding carboxylic acids is 3. The van der Waals surface area contributed by atoms with E-state index in [4.69, 9.17) is 0 Å². The first-order valence-corrected chi connectivity index (χ1v) is 13.9. The van der Waals surface area contributed by atoms with Gasteiger partial charge in [-0.15, -0.1) is 0 Å². The summed E-state index contributed by atoms with van der Waals surface area (Å²) in [6.45, 7) is 3.62. The van der Waals surface area contributed by atoms with Gasteiger partial charge in [0.2, 0.25) is 5.91 Å². The molecule has 7 nitrogen and oxygen atoms in total.